The van der Waals surface area contributed by atoms with Crippen molar-refractivity contribution in [3.05, 3.63) is 35.9 Å². The Hall–Kier alpha value is -0.900. The molecule has 3 nitrogen and oxygen atoms in total. The second kappa shape index (κ2) is 7.77. The largest absolute Gasteiger partial charge is 0.396 e. The summed E-state index contributed by atoms with van der Waals surface area (Å²) in [5, 5.41) is 9.19. The van der Waals surface area contributed by atoms with Crippen LogP contribution in [0.25, 0.3) is 0 Å². The lowest BCUT2D eigenvalue weighted by atomic mass is 9.64. The van der Waals surface area contributed by atoms with Crippen molar-refractivity contribution in [2.45, 2.75) is 64.5 Å². The molecule has 2 aliphatic heterocycles. The van der Waals surface area contributed by atoms with E-state index in [0.29, 0.717) is 17.9 Å². The van der Waals surface area contributed by atoms with E-state index in [1.54, 1.807) is 0 Å². The number of aliphatic hydroxyl groups is 1. The van der Waals surface area contributed by atoms with E-state index in [9.17, 15) is 5.11 Å². The number of nitrogens with zero attached hydrogens (tertiary/aromatic N) is 1. The van der Waals surface area contributed by atoms with Crippen LogP contribution in [-0.2, 0) is 10.2 Å². The van der Waals surface area contributed by atoms with Crippen molar-refractivity contribution in [3.63, 3.8) is 0 Å². The van der Waals surface area contributed by atoms with E-state index < -0.39 is 0 Å². The standard InChI is InChI=1S/C22H35NO2/c1-21(2,3)19-11-14-23-13-7-12-22(17-19,18-9-5-4-6-10-18)20(23)25-16-8-15-24/h4-6,9-10,19-20,24H,7-8,11-17H2,1-3H3/t19?,20?,22-/m1/s1. The van der Waals surface area contributed by atoms with E-state index >= 15 is 0 Å². The average Bonchev–Trinajstić information content (AvgIpc) is 2.68. The maximum absolute atomic E-state index is 9.19. The van der Waals surface area contributed by atoms with Crippen molar-refractivity contribution in [3.8, 4) is 0 Å². The van der Waals surface area contributed by atoms with Gasteiger partial charge in [0, 0.05) is 25.1 Å². The number of hydrogen-bond donors (Lipinski definition) is 1. The monoisotopic (exact) mass is 345 g/mol. The predicted octanol–water partition coefficient (Wildman–Crippen LogP) is 4.20. The summed E-state index contributed by atoms with van der Waals surface area (Å²) in [5.41, 5.74) is 1.82. The predicted molar refractivity (Wildman–Crippen MR) is 103 cm³/mol. The van der Waals surface area contributed by atoms with E-state index in [-0.39, 0.29) is 18.2 Å². The van der Waals surface area contributed by atoms with Crippen LogP contribution in [-0.4, -0.2) is 42.5 Å². The highest BCUT2D eigenvalue weighted by molar-refractivity contribution is 5.29. The third kappa shape index (κ3) is 3.94. The van der Waals surface area contributed by atoms with E-state index in [0.717, 1.165) is 19.5 Å². The second-order valence-electron chi connectivity index (χ2n) is 9.02. The Kier molecular flexibility index (Phi) is 5.87. The number of ether oxygens (including phenoxy) is 1. The Morgan fingerprint density at radius 1 is 1.20 bits per heavy atom. The van der Waals surface area contributed by atoms with Crippen molar-refractivity contribution >= 4 is 0 Å². The van der Waals surface area contributed by atoms with Gasteiger partial charge < -0.3 is 9.84 Å². The van der Waals surface area contributed by atoms with E-state index in [2.05, 4.69) is 56.0 Å². The molecule has 2 fully saturated rings. The number of fused-ring (bicyclic) bond motifs is 2. The highest BCUT2D eigenvalue weighted by Crippen LogP contribution is 2.50. The van der Waals surface area contributed by atoms with Crippen molar-refractivity contribution in [2.24, 2.45) is 11.3 Å². The van der Waals surface area contributed by atoms with Gasteiger partial charge in [0.05, 0.1) is 6.61 Å². The lowest BCUT2D eigenvalue weighted by molar-refractivity contribution is -0.127. The zero-order valence-electron chi connectivity index (χ0n) is 16.2. The molecule has 0 aromatic heterocycles. The van der Waals surface area contributed by atoms with Crippen LogP contribution >= 0.6 is 0 Å². The normalized spacial score (nSPS) is 33.0. The van der Waals surface area contributed by atoms with Gasteiger partial charge in [0.15, 0.2) is 0 Å². The molecule has 0 amide bonds. The maximum atomic E-state index is 9.19. The first kappa shape index (κ1) is 18.9. The molecule has 0 spiro atoms. The van der Waals surface area contributed by atoms with Crippen molar-refractivity contribution in [2.75, 3.05) is 26.3 Å². The highest BCUT2D eigenvalue weighted by Gasteiger charge is 2.51. The molecule has 3 unspecified atom stereocenters. The zero-order chi connectivity index (χ0) is 17.9. The minimum atomic E-state index is 0.0728. The van der Waals surface area contributed by atoms with Crippen LogP contribution in [0.3, 0.4) is 0 Å². The summed E-state index contributed by atoms with van der Waals surface area (Å²) in [4.78, 5) is 2.58. The Morgan fingerprint density at radius 2 is 1.96 bits per heavy atom. The SMILES string of the molecule is CC(C)(C)C1CCN2CCC[C@](c3ccccc3)(C1)C2OCCCO. The molecule has 1 N–H and O–H groups in total. The Bertz CT molecular complexity index is 539. The van der Waals surface area contributed by atoms with Gasteiger partial charge in [-0.1, -0.05) is 51.1 Å². The van der Waals surface area contributed by atoms with Gasteiger partial charge >= 0.3 is 0 Å². The smallest absolute Gasteiger partial charge is 0.120 e. The van der Waals surface area contributed by atoms with Crippen molar-refractivity contribution < 1.29 is 9.84 Å². The first-order valence-electron chi connectivity index (χ1n) is 9.99. The van der Waals surface area contributed by atoms with Crippen LogP contribution in [0.4, 0.5) is 0 Å². The van der Waals surface area contributed by atoms with Crippen LogP contribution in [0, 0.1) is 11.3 Å². The third-order valence-corrected chi connectivity index (χ3v) is 6.40. The Morgan fingerprint density at radius 3 is 2.64 bits per heavy atom. The number of aliphatic hydroxyl groups excluding tert-OH is 1. The first-order valence-corrected chi connectivity index (χ1v) is 9.99. The average molecular weight is 346 g/mol. The molecule has 0 radical (unpaired) electrons. The Labute approximate surface area is 153 Å². The molecular weight excluding hydrogens is 310 g/mol. The molecular formula is C22H35NO2. The maximum Gasteiger partial charge on any atom is 0.120 e. The second-order valence-corrected chi connectivity index (χ2v) is 9.02. The molecule has 3 rings (SSSR count). The van der Waals surface area contributed by atoms with Gasteiger partial charge in [0.2, 0.25) is 0 Å². The lowest BCUT2D eigenvalue weighted by Gasteiger charge is -2.49. The van der Waals surface area contributed by atoms with E-state index in [1.807, 2.05) is 0 Å². The van der Waals surface area contributed by atoms with E-state index in [4.69, 9.17) is 4.74 Å². The molecule has 140 valence electrons. The summed E-state index contributed by atoms with van der Waals surface area (Å²) < 4.78 is 6.46. The summed E-state index contributed by atoms with van der Waals surface area (Å²) >= 11 is 0. The van der Waals surface area contributed by atoms with Crippen molar-refractivity contribution in [1.29, 1.82) is 0 Å². The topological polar surface area (TPSA) is 32.7 Å². The molecule has 0 saturated carbocycles. The summed E-state index contributed by atoms with van der Waals surface area (Å²) in [6.45, 7) is 10.3. The molecule has 2 bridgehead atoms. The van der Waals surface area contributed by atoms with Crippen LogP contribution < -0.4 is 0 Å². The number of piperidine rings is 1. The molecule has 25 heavy (non-hydrogen) atoms. The molecule has 0 aliphatic carbocycles. The number of hydrogen-bond acceptors (Lipinski definition) is 3. The molecule has 1 aromatic carbocycles. The summed E-state index contributed by atoms with van der Waals surface area (Å²) in [5.74, 6) is 0.694. The summed E-state index contributed by atoms with van der Waals surface area (Å²) in [6.07, 6.45) is 5.74. The summed E-state index contributed by atoms with van der Waals surface area (Å²) in [7, 11) is 0. The van der Waals surface area contributed by atoms with Crippen LogP contribution in [0.2, 0.25) is 0 Å². The van der Waals surface area contributed by atoms with Gasteiger partial charge in [-0.3, -0.25) is 4.90 Å². The van der Waals surface area contributed by atoms with Gasteiger partial charge in [0.25, 0.3) is 0 Å². The molecule has 2 aliphatic rings. The first-order chi connectivity index (χ1) is 12.0. The number of rotatable bonds is 5. The molecule has 2 saturated heterocycles. The fourth-order valence-corrected chi connectivity index (χ4v) is 4.92. The van der Waals surface area contributed by atoms with Gasteiger partial charge in [-0.2, -0.15) is 0 Å². The highest BCUT2D eigenvalue weighted by atomic mass is 16.5. The fourth-order valence-electron chi connectivity index (χ4n) is 4.92. The van der Waals surface area contributed by atoms with Crippen molar-refractivity contribution in [1.82, 2.24) is 4.90 Å². The van der Waals surface area contributed by atoms with Gasteiger partial charge in [-0.25, -0.2) is 0 Å². The van der Waals surface area contributed by atoms with Gasteiger partial charge in [-0.15, -0.1) is 0 Å². The third-order valence-electron chi connectivity index (χ3n) is 6.40. The van der Waals surface area contributed by atoms with Crippen LogP contribution in [0.1, 0.15) is 58.4 Å². The lowest BCUT2D eigenvalue weighted by Crippen LogP contribution is -2.55. The van der Waals surface area contributed by atoms with Crippen LogP contribution in [0.15, 0.2) is 30.3 Å². The quantitative estimate of drug-likeness (QED) is 0.812. The molecule has 1 aromatic rings. The minimum Gasteiger partial charge on any atom is -0.396 e. The van der Waals surface area contributed by atoms with Crippen LogP contribution in [0.5, 0.6) is 0 Å². The minimum absolute atomic E-state index is 0.0728. The van der Waals surface area contributed by atoms with Gasteiger partial charge in [-0.05, 0) is 49.0 Å². The summed E-state index contributed by atoms with van der Waals surface area (Å²) in [6, 6.07) is 11.1. The zero-order valence-corrected chi connectivity index (χ0v) is 16.2. The fraction of sp³-hybridized carbons (Fsp3) is 0.727. The molecule has 2 heterocycles. The molecule has 4 atom stereocenters. The number of benzene rings is 1. The molecule has 3 heteroatoms. The van der Waals surface area contributed by atoms with E-state index in [1.165, 1.54) is 31.2 Å². The Balaban J connectivity index is 1.99. The van der Waals surface area contributed by atoms with Gasteiger partial charge in [0.1, 0.15) is 6.23 Å².